The summed E-state index contributed by atoms with van der Waals surface area (Å²) < 4.78 is 0. The number of nitrogens with zero attached hydrogens (tertiary/aromatic N) is 3. The van der Waals surface area contributed by atoms with Crippen LogP contribution in [0.2, 0.25) is 0 Å². The first-order valence-corrected chi connectivity index (χ1v) is 6.62. The van der Waals surface area contributed by atoms with Crippen LogP contribution in [-0.4, -0.2) is 29.6 Å². The molecule has 0 aliphatic rings. The quantitative estimate of drug-likeness (QED) is 0.864. The Morgan fingerprint density at radius 1 is 1.50 bits per heavy atom. The highest BCUT2D eigenvalue weighted by molar-refractivity contribution is 7.14. The number of hydrogen-bond donors (Lipinski definition) is 2. The zero-order valence-electron chi connectivity index (χ0n) is 10.5. The molecule has 0 spiro atoms. The van der Waals surface area contributed by atoms with Crippen LogP contribution in [-0.2, 0) is 0 Å². The van der Waals surface area contributed by atoms with Gasteiger partial charge in [0, 0.05) is 25.7 Å². The van der Waals surface area contributed by atoms with Crippen molar-refractivity contribution < 1.29 is 0 Å². The second-order valence-electron chi connectivity index (χ2n) is 4.22. The van der Waals surface area contributed by atoms with Crippen LogP contribution >= 0.6 is 11.3 Å². The maximum absolute atomic E-state index is 5.78. The van der Waals surface area contributed by atoms with Crippen LogP contribution in [0.25, 0.3) is 0 Å². The predicted molar refractivity (Wildman–Crippen MR) is 76.6 cm³/mol. The molecule has 18 heavy (non-hydrogen) atoms. The average Bonchev–Trinajstić information content (AvgIpc) is 2.81. The second kappa shape index (κ2) is 5.79. The number of nitrogens with one attached hydrogen (secondary N) is 1. The lowest BCUT2D eigenvalue weighted by molar-refractivity contribution is 0.711. The van der Waals surface area contributed by atoms with E-state index >= 15 is 0 Å². The summed E-state index contributed by atoms with van der Waals surface area (Å²) >= 11 is 1.64. The Labute approximate surface area is 111 Å². The van der Waals surface area contributed by atoms with E-state index in [-0.39, 0.29) is 6.04 Å². The monoisotopic (exact) mass is 263 g/mol. The molecule has 2 aromatic rings. The largest absolute Gasteiger partial charge is 0.358 e. The summed E-state index contributed by atoms with van der Waals surface area (Å²) in [5.74, 6) is 1.65. The molecule has 0 saturated heterocycles. The molecule has 2 heterocycles. The Balaban J connectivity index is 2.09. The third-order valence-corrected chi connectivity index (χ3v) is 3.16. The highest BCUT2D eigenvalue weighted by Gasteiger charge is 2.06. The van der Waals surface area contributed by atoms with Gasteiger partial charge in [-0.1, -0.05) is 0 Å². The van der Waals surface area contributed by atoms with E-state index in [0.29, 0.717) is 0 Å². The van der Waals surface area contributed by atoms with Crippen molar-refractivity contribution in [2.45, 2.75) is 13.0 Å². The molecule has 0 radical (unpaired) electrons. The first-order valence-electron chi connectivity index (χ1n) is 5.74. The topological polar surface area (TPSA) is 67.1 Å². The van der Waals surface area contributed by atoms with E-state index in [1.807, 2.05) is 42.5 Å². The van der Waals surface area contributed by atoms with Gasteiger partial charge in [0.05, 0.1) is 5.00 Å². The molecule has 1 atom stereocenters. The van der Waals surface area contributed by atoms with Gasteiger partial charge < -0.3 is 16.0 Å². The lowest BCUT2D eigenvalue weighted by atomic mass is 10.3. The van der Waals surface area contributed by atoms with E-state index in [1.165, 1.54) is 0 Å². The molecular formula is C12H17N5S. The summed E-state index contributed by atoms with van der Waals surface area (Å²) in [4.78, 5) is 10.5. The molecule has 1 unspecified atom stereocenters. The minimum atomic E-state index is 0.110. The van der Waals surface area contributed by atoms with Gasteiger partial charge in [0.1, 0.15) is 18.0 Å². The first-order chi connectivity index (χ1) is 8.65. The number of thiophene rings is 1. The molecule has 0 aromatic carbocycles. The molecule has 3 N–H and O–H groups in total. The summed E-state index contributed by atoms with van der Waals surface area (Å²) in [6, 6.07) is 6.04. The highest BCUT2D eigenvalue weighted by Crippen LogP contribution is 2.21. The van der Waals surface area contributed by atoms with E-state index in [9.17, 15) is 0 Å². The zero-order chi connectivity index (χ0) is 13.0. The molecule has 6 heteroatoms. The molecule has 2 rings (SSSR count). The van der Waals surface area contributed by atoms with Crippen LogP contribution in [0.15, 0.2) is 29.9 Å². The number of anilines is 3. The molecule has 0 fully saturated rings. The van der Waals surface area contributed by atoms with Gasteiger partial charge in [0.2, 0.25) is 0 Å². The molecular weight excluding hydrogens is 246 g/mol. The molecule has 5 nitrogen and oxygen atoms in total. The summed E-state index contributed by atoms with van der Waals surface area (Å²) in [5.41, 5.74) is 5.78. The van der Waals surface area contributed by atoms with Crippen molar-refractivity contribution in [1.82, 2.24) is 9.97 Å². The Kier molecular flexibility index (Phi) is 4.11. The molecule has 0 bridgehead atoms. The normalized spacial score (nSPS) is 12.2. The van der Waals surface area contributed by atoms with Gasteiger partial charge in [-0.05, 0) is 24.4 Å². The summed E-state index contributed by atoms with van der Waals surface area (Å²) in [7, 11) is 1.97. The van der Waals surface area contributed by atoms with Gasteiger partial charge in [-0.2, -0.15) is 0 Å². The van der Waals surface area contributed by atoms with E-state index in [0.717, 1.165) is 23.2 Å². The van der Waals surface area contributed by atoms with E-state index < -0.39 is 0 Å². The molecule has 96 valence electrons. The van der Waals surface area contributed by atoms with Crippen molar-refractivity contribution in [2.24, 2.45) is 5.73 Å². The van der Waals surface area contributed by atoms with Crippen molar-refractivity contribution in [3.8, 4) is 0 Å². The van der Waals surface area contributed by atoms with Crippen LogP contribution in [0, 0.1) is 0 Å². The van der Waals surface area contributed by atoms with Gasteiger partial charge >= 0.3 is 0 Å². The van der Waals surface area contributed by atoms with E-state index in [4.69, 9.17) is 5.73 Å². The van der Waals surface area contributed by atoms with Gasteiger partial charge in [-0.3, -0.25) is 0 Å². The van der Waals surface area contributed by atoms with E-state index in [1.54, 1.807) is 17.7 Å². The van der Waals surface area contributed by atoms with Crippen LogP contribution in [0.5, 0.6) is 0 Å². The van der Waals surface area contributed by atoms with Gasteiger partial charge in [0.25, 0.3) is 0 Å². The van der Waals surface area contributed by atoms with Crippen LogP contribution in [0.3, 0.4) is 0 Å². The Morgan fingerprint density at radius 2 is 2.33 bits per heavy atom. The SMILES string of the molecule is CC(N)CN(C)c1cc(Nc2cccs2)ncn1. The average molecular weight is 263 g/mol. The Hall–Kier alpha value is -1.66. The third kappa shape index (κ3) is 3.41. The highest BCUT2D eigenvalue weighted by atomic mass is 32.1. The minimum absolute atomic E-state index is 0.110. The van der Waals surface area contributed by atoms with Crippen molar-refractivity contribution in [3.05, 3.63) is 29.9 Å². The summed E-state index contributed by atoms with van der Waals surface area (Å²) in [5, 5.41) is 6.33. The van der Waals surface area contributed by atoms with E-state index in [2.05, 4.69) is 15.3 Å². The third-order valence-electron chi connectivity index (χ3n) is 2.38. The van der Waals surface area contributed by atoms with Gasteiger partial charge in [0.15, 0.2) is 0 Å². The van der Waals surface area contributed by atoms with Gasteiger partial charge in [-0.15, -0.1) is 11.3 Å². The number of likely N-dealkylation sites (N-methyl/N-ethyl adjacent to an activating group) is 1. The fraction of sp³-hybridized carbons (Fsp3) is 0.333. The fourth-order valence-electron chi connectivity index (χ4n) is 1.63. The molecule has 0 amide bonds. The Morgan fingerprint density at radius 3 is 3.00 bits per heavy atom. The first kappa shape index (κ1) is 12.8. The summed E-state index contributed by atoms with van der Waals surface area (Å²) in [6.45, 7) is 2.73. The van der Waals surface area contributed by atoms with Crippen molar-refractivity contribution in [3.63, 3.8) is 0 Å². The molecule has 0 aliphatic heterocycles. The molecule has 0 aliphatic carbocycles. The molecule has 0 saturated carbocycles. The maximum atomic E-state index is 5.78. The van der Waals surface area contributed by atoms with Gasteiger partial charge in [-0.25, -0.2) is 9.97 Å². The number of hydrogen-bond acceptors (Lipinski definition) is 6. The predicted octanol–water partition coefficient (Wildman–Crippen LogP) is 2.07. The number of aromatic nitrogens is 2. The second-order valence-corrected chi connectivity index (χ2v) is 5.17. The fourth-order valence-corrected chi connectivity index (χ4v) is 2.25. The minimum Gasteiger partial charge on any atom is -0.358 e. The van der Waals surface area contributed by atoms with Crippen LogP contribution in [0.4, 0.5) is 16.6 Å². The number of rotatable bonds is 5. The van der Waals surface area contributed by atoms with Crippen LogP contribution in [0.1, 0.15) is 6.92 Å². The standard InChI is InChI=1S/C12H17N5S/c1-9(13)7-17(2)11-6-10(14-8-15-11)16-12-4-3-5-18-12/h3-6,8-9H,7,13H2,1-2H3,(H,14,15,16). The Bertz CT molecular complexity index is 483. The molecule has 2 aromatic heterocycles. The van der Waals surface area contributed by atoms with Crippen LogP contribution < -0.4 is 16.0 Å². The zero-order valence-corrected chi connectivity index (χ0v) is 11.3. The summed E-state index contributed by atoms with van der Waals surface area (Å²) in [6.07, 6.45) is 1.56. The van der Waals surface area contributed by atoms with Crippen molar-refractivity contribution in [2.75, 3.05) is 23.8 Å². The number of nitrogens with two attached hydrogens (primary N) is 1. The van der Waals surface area contributed by atoms with Crippen molar-refractivity contribution in [1.29, 1.82) is 0 Å². The lowest BCUT2D eigenvalue weighted by Crippen LogP contribution is -2.33. The maximum Gasteiger partial charge on any atom is 0.136 e. The smallest absolute Gasteiger partial charge is 0.136 e. The lowest BCUT2D eigenvalue weighted by Gasteiger charge is -2.20. The van der Waals surface area contributed by atoms with Crippen molar-refractivity contribution >= 4 is 28.0 Å².